The topological polar surface area (TPSA) is 56.9 Å². The third-order valence-corrected chi connectivity index (χ3v) is 2.17. The summed E-state index contributed by atoms with van der Waals surface area (Å²) in [6.45, 7) is 0.157. The highest BCUT2D eigenvalue weighted by Crippen LogP contribution is 2.15. The van der Waals surface area contributed by atoms with Crippen molar-refractivity contribution in [3.05, 3.63) is 24.0 Å². The van der Waals surface area contributed by atoms with E-state index < -0.39 is 0 Å². The Bertz CT molecular complexity index is 278. The molecule has 0 bridgehead atoms. The monoisotopic (exact) mass is 180 g/mol. The Morgan fingerprint density at radius 1 is 1.58 bits per heavy atom. The zero-order chi connectivity index (χ0) is 8.81. The summed E-state index contributed by atoms with van der Waals surface area (Å²) in [6, 6.07) is 5.43. The lowest BCUT2D eigenvalue weighted by molar-refractivity contribution is 0.322. The largest absolute Gasteiger partial charge is 0.396 e. The maximum Gasteiger partial charge on any atom is 0.140 e. The van der Waals surface area contributed by atoms with Crippen LogP contribution >= 0.6 is 11.8 Å². The van der Waals surface area contributed by atoms with Gasteiger partial charge in [0.2, 0.25) is 0 Å². The highest BCUT2D eigenvalue weighted by Gasteiger charge is 1.94. The van der Waals surface area contributed by atoms with Crippen molar-refractivity contribution in [2.45, 2.75) is 4.90 Å². The fourth-order valence-corrected chi connectivity index (χ4v) is 1.31. The Morgan fingerprint density at radius 3 is 2.92 bits per heavy atom. The Morgan fingerprint density at radius 2 is 2.42 bits per heavy atom. The van der Waals surface area contributed by atoms with Crippen molar-refractivity contribution in [3.63, 3.8) is 0 Å². The van der Waals surface area contributed by atoms with Crippen LogP contribution in [0.1, 0.15) is 5.69 Å². The van der Waals surface area contributed by atoms with E-state index in [9.17, 15) is 0 Å². The van der Waals surface area contributed by atoms with Gasteiger partial charge in [-0.05, 0) is 12.1 Å². The summed E-state index contributed by atoms with van der Waals surface area (Å²) in [4.78, 5) is 4.86. The molecule has 0 aromatic carbocycles. The fourth-order valence-electron chi connectivity index (χ4n) is 0.695. The van der Waals surface area contributed by atoms with Crippen molar-refractivity contribution in [2.24, 2.45) is 0 Å². The van der Waals surface area contributed by atoms with Crippen LogP contribution in [0.15, 0.2) is 23.2 Å². The number of nitrogens with zero attached hydrogens (tertiary/aromatic N) is 2. The van der Waals surface area contributed by atoms with Gasteiger partial charge in [-0.3, -0.25) is 0 Å². The second kappa shape index (κ2) is 4.75. The third-order valence-electron chi connectivity index (χ3n) is 1.21. The van der Waals surface area contributed by atoms with E-state index in [4.69, 9.17) is 10.4 Å². The van der Waals surface area contributed by atoms with E-state index in [1.165, 1.54) is 11.8 Å². The summed E-state index contributed by atoms with van der Waals surface area (Å²) in [7, 11) is 0. The number of hydrogen-bond acceptors (Lipinski definition) is 4. The molecule has 1 rings (SSSR count). The summed E-state index contributed by atoms with van der Waals surface area (Å²) in [6.07, 6.45) is 1.64. The molecule has 1 aromatic heterocycles. The first-order valence-corrected chi connectivity index (χ1v) is 4.45. The predicted molar refractivity (Wildman–Crippen MR) is 46.8 cm³/mol. The molecule has 4 heteroatoms. The van der Waals surface area contributed by atoms with Crippen LogP contribution < -0.4 is 0 Å². The number of nitriles is 1. The molecule has 0 radical (unpaired) electrons. The van der Waals surface area contributed by atoms with E-state index in [0.717, 1.165) is 4.90 Å². The van der Waals surface area contributed by atoms with Crippen LogP contribution in [0.25, 0.3) is 0 Å². The molecule has 0 amide bonds. The Balaban J connectivity index is 2.60. The van der Waals surface area contributed by atoms with E-state index in [2.05, 4.69) is 4.98 Å². The van der Waals surface area contributed by atoms with Gasteiger partial charge in [-0.25, -0.2) is 4.98 Å². The molecule has 0 spiro atoms. The minimum Gasteiger partial charge on any atom is -0.396 e. The molecule has 3 nitrogen and oxygen atoms in total. The van der Waals surface area contributed by atoms with Crippen molar-refractivity contribution in [3.8, 4) is 6.07 Å². The van der Waals surface area contributed by atoms with Gasteiger partial charge < -0.3 is 5.11 Å². The van der Waals surface area contributed by atoms with Gasteiger partial charge in [0.15, 0.2) is 0 Å². The van der Waals surface area contributed by atoms with Crippen molar-refractivity contribution < 1.29 is 5.11 Å². The van der Waals surface area contributed by atoms with Crippen LogP contribution in [0.3, 0.4) is 0 Å². The predicted octanol–water partition coefficient (Wildman–Crippen LogP) is 1.04. The molecule has 0 aliphatic carbocycles. The van der Waals surface area contributed by atoms with Gasteiger partial charge in [0.25, 0.3) is 0 Å². The summed E-state index contributed by atoms with van der Waals surface area (Å²) in [5.74, 6) is 0.660. The van der Waals surface area contributed by atoms with Crippen LogP contribution in [0.5, 0.6) is 0 Å². The maximum atomic E-state index is 8.53. The smallest absolute Gasteiger partial charge is 0.140 e. The number of thioether (sulfide) groups is 1. The van der Waals surface area contributed by atoms with Crippen LogP contribution in [0.2, 0.25) is 0 Å². The molecule has 1 N–H and O–H groups in total. The van der Waals surface area contributed by atoms with Crippen molar-refractivity contribution in [1.82, 2.24) is 4.98 Å². The molecule has 0 unspecified atom stereocenters. The average molecular weight is 180 g/mol. The number of aromatic nitrogens is 1. The van der Waals surface area contributed by atoms with Gasteiger partial charge in [-0.1, -0.05) is 0 Å². The average Bonchev–Trinajstić information content (AvgIpc) is 2.15. The molecule has 1 aromatic rings. The van der Waals surface area contributed by atoms with Crippen LogP contribution in [-0.2, 0) is 0 Å². The number of rotatable bonds is 3. The van der Waals surface area contributed by atoms with E-state index in [-0.39, 0.29) is 6.61 Å². The summed E-state index contributed by atoms with van der Waals surface area (Å²) in [5.41, 5.74) is 0.420. The molecule has 62 valence electrons. The van der Waals surface area contributed by atoms with Crippen molar-refractivity contribution >= 4 is 11.8 Å². The lowest BCUT2D eigenvalue weighted by Gasteiger charge is -1.96. The number of aliphatic hydroxyl groups is 1. The van der Waals surface area contributed by atoms with E-state index in [1.807, 2.05) is 12.1 Å². The minimum absolute atomic E-state index is 0.157. The molecule has 0 fully saturated rings. The first-order valence-electron chi connectivity index (χ1n) is 3.46. The van der Waals surface area contributed by atoms with E-state index >= 15 is 0 Å². The Kier molecular flexibility index (Phi) is 3.58. The molecular formula is C8H8N2OS. The molecule has 12 heavy (non-hydrogen) atoms. The lowest BCUT2D eigenvalue weighted by atomic mass is 10.4. The van der Waals surface area contributed by atoms with Gasteiger partial charge in [-0.15, -0.1) is 11.8 Å². The molecule has 0 saturated carbocycles. The molecule has 0 saturated heterocycles. The zero-order valence-electron chi connectivity index (χ0n) is 6.40. The van der Waals surface area contributed by atoms with E-state index in [0.29, 0.717) is 11.4 Å². The van der Waals surface area contributed by atoms with Crippen LogP contribution in [0, 0.1) is 11.3 Å². The van der Waals surface area contributed by atoms with Gasteiger partial charge >= 0.3 is 0 Å². The normalized spacial score (nSPS) is 9.33. The highest BCUT2D eigenvalue weighted by molar-refractivity contribution is 7.99. The first kappa shape index (κ1) is 9.04. The lowest BCUT2D eigenvalue weighted by Crippen LogP contribution is -1.87. The SMILES string of the molecule is N#Cc1ccc(SCCO)cn1. The van der Waals surface area contributed by atoms with Gasteiger partial charge in [0.1, 0.15) is 11.8 Å². The van der Waals surface area contributed by atoms with Gasteiger partial charge in [0, 0.05) is 16.8 Å². The molecule has 1 heterocycles. The molecular weight excluding hydrogens is 172 g/mol. The minimum atomic E-state index is 0.157. The van der Waals surface area contributed by atoms with Crippen LogP contribution in [-0.4, -0.2) is 22.5 Å². The summed E-state index contributed by atoms with van der Waals surface area (Å²) >= 11 is 1.52. The second-order valence-corrected chi connectivity index (χ2v) is 3.23. The number of aliphatic hydroxyl groups excluding tert-OH is 1. The van der Waals surface area contributed by atoms with Crippen molar-refractivity contribution in [2.75, 3.05) is 12.4 Å². The molecule has 0 aliphatic heterocycles. The number of hydrogen-bond donors (Lipinski definition) is 1. The summed E-state index contributed by atoms with van der Waals surface area (Å²) in [5, 5.41) is 17.0. The summed E-state index contributed by atoms with van der Waals surface area (Å²) < 4.78 is 0. The fraction of sp³-hybridized carbons (Fsp3) is 0.250. The van der Waals surface area contributed by atoms with E-state index in [1.54, 1.807) is 12.3 Å². The Hall–Kier alpha value is -1.05. The third kappa shape index (κ3) is 2.53. The van der Waals surface area contributed by atoms with Crippen molar-refractivity contribution in [1.29, 1.82) is 5.26 Å². The first-order chi connectivity index (χ1) is 5.86. The molecule has 0 atom stereocenters. The van der Waals surface area contributed by atoms with Gasteiger partial charge in [0.05, 0.1) is 6.61 Å². The van der Waals surface area contributed by atoms with Crippen LogP contribution in [0.4, 0.5) is 0 Å². The second-order valence-electron chi connectivity index (χ2n) is 2.06. The molecule has 0 aliphatic rings. The standard InChI is InChI=1S/C8H8N2OS/c9-5-7-1-2-8(6-10-7)12-4-3-11/h1-2,6,11H,3-4H2. The quantitative estimate of drug-likeness (QED) is 0.706. The number of pyridine rings is 1. The zero-order valence-corrected chi connectivity index (χ0v) is 7.21. The van der Waals surface area contributed by atoms with Gasteiger partial charge in [-0.2, -0.15) is 5.26 Å². The maximum absolute atomic E-state index is 8.53. The highest BCUT2D eigenvalue weighted by atomic mass is 32.2. The Labute approximate surface area is 75.1 Å².